The predicted octanol–water partition coefficient (Wildman–Crippen LogP) is 3.80. The van der Waals surface area contributed by atoms with Crippen LogP contribution in [0.5, 0.6) is 0 Å². The Hall–Kier alpha value is -2.29. The highest BCUT2D eigenvalue weighted by Crippen LogP contribution is 2.43. The van der Waals surface area contributed by atoms with Crippen molar-refractivity contribution in [2.75, 3.05) is 13.1 Å². The number of nitrogens with one attached hydrogen (secondary N) is 1. The normalized spacial score (nSPS) is 19.6. The van der Waals surface area contributed by atoms with Crippen LogP contribution in [0.25, 0.3) is 0 Å². The highest BCUT2D eigenvalue weighted by molar-refractivity contribution is 5.75. The molecule has 2 aromatic rings. The molecule has 0 spiro atoms. The lowest BCUT2D eigenvalue weighted by molar-refractivity contribution is 0.195. The number of carbonyl (C=O) groups excluding carboxylic acids is 1. The maximum absolute atomic E-state index is 12.4. The summed E-state index contributed by atoms with van der Waals surface area (Å²) >= 11 is 0. The van der Waals surface area contributed by atoms with Crippen molar-refractivity contribution in [3.8, 4) is 0 Å². The SMILES string of the molecule is CCNC(=O)N1CC(c2ccccc2)(c2ccccc2)CC1C. The summed E-state index contributed by atoms with van der Waals surface area (Å²) in [6.07, 6.45) is 0.943. The number of hydrogen-bond donors (Lipinski definition) is 1. The molecule has 1 unspecified atom stereocenters. The van der Waals surface area contributed by atoms with Crippen LogP contribution in [0, 0.1) is 0 Å². The number of hydrogen-bond acceptors (Lipinski definition) is 1. The summed E-state index contributed by atoms with van der Waals surface area (Å²) in [5, 5.41) is 2.95. The fourth-order valence-electron chi connectivity index (χ4n) is 3.75. The number of rotatable bonds is 3. The number of nitrogens with zero attached hydrogens (tertiary/aromatic N) is 1. The first-order chi connectivity index (χ1) is 11.2. The first kappa shape index (κ1) is 15.6. The molecule has 0 saturated carbocycles. The summed E-state index contributed by atoms with van der Waals surface area (Å²) in [5.74, 6) is 0. The van der Waals surface area contributed by atoms with E-state index in [1.807, 2.05) is 24.0 Å². The Morgan fingerprint density at radius 2 is 1.61 bits per heavy atom. The first-order valence-electron chi connectivity index (χ1n) is 8.33. The Morgan fingerprint density at radius 1 is 1.09 bits per heavy atom. The molecule has 120 valence electrons. The molecule has 1 atom stereocenters. The average molecular weight is 308 g/mol. The van der Waals surface area contributed by atoms with E-state index < -0.39 is 0 Å². The van der Waals surface area contributed by atoms with E-state index in [9.17, 15) is 4.79 Å². The molecular weight excluding hydrogens is 284 g/mol. The zero-order chi connectivity index (χ0) is 16.3. The van der Waals surface area contributed by atoms with Crippen molar-refractivity contribution in [1.29, 1.82) is 0 Å². The maximum atomic E-state index is 12.4. The number of urea groups is 1. The zero-order valence-electron chi connectivity index (χ0n) is 13.8. The summed E-state index contributed by atoms with van der Waals surface area (Å²) in [5.41, 5.74) is 2.43. The average Bonchev–Trinajstić information content (AvgIpc) is 2.96. The molecule has 1 N–H and O–H groups in total. The van der Waals surface area contributed by atoms with Gasteiger partial charge in [0.05, 0.1) is 0 Å². The molecule has 2 amide bonds. The van der Waals surface area contributed by atoms with Crippen LogP contribution in [0.1, 0.15) is 31.4 Å². The van der Waals surface area contributed by atoms with Crippen molar-refractivity contribution in [3.63, 3.8) is 0 Å². The molecule has 0 bridgehead atoms. The van der Waals surface area contributed by atoms with Gasteiger partial charge in [-0.2, -0.15) is 0 Å². The van der Waals surface area contributed by atoms with Crippen LogP contribution in [0.3, 0.4) is 0 Å². The zero-order valence-corrected chi connectivity index (χ0v) is 13.8. The monoisotopic (exact) mass is 308 g/mol. The van der Waals surface area contributed by atoms with Gasteiger partial charge in [-0.15, -0.1) is 0 Å². The van der Waals surface area contributed by atoms with Crippen LogP contribution >= 0.6 is 0 Å². The van der Waals surface area contributed by atoms with Crippen LogP contribution in [-0.2, 0) is 5.41 Å². The lowest BCUT2D eigenvalue weighted by Crippen LogP contribution is -2.43. The summed E-state index contributed by atoms with van der Waals surface area (Å²) < 4.78 is 0. The maximum Gasteiger partial charge on any atom is 0.317 e. The van der Waals surface area contributed by atoms with Gasteiger partial charge in [0.25, 0.3) is 0 Å². The third-order valence-electron chi connectivity index (χ3n) is 4.86. The van der Waals surface area contributed by atoms with Gasteiger partial charge in [0, 0.05) is 24.5 Å². The van der Waals surface area contributed by atoms with Gasteiger partial charge in [0.2, 0.25) is 0 Å². The smallest absolute Gasteiger partial charge is 0.317 e. The van der Waals surface area contributed by atoms with Gasteiger partial charge in [0.15, 0.2) is 0 Å². The van der Waals surface area contributed by atoms with Gasteiger partial charge >= 0.3 is 6.03 Å². The van der Waals surface area contributed by atoms with Gasteiger partial charge < -0.3 is 10.2 Å². The second-order valence-electron chi connectivity index (χ2n) is 6.33. The minimum absolute atomic E-state index is 0.0359. The fraction of sp³-hybridized carbons (Fsp3) is 0.350. The lowest BCUT2D eigenvalue weighted by Gasteiger charge is -2.30. The van der Waals surface area contributed by atoms with Gasteiger partial charge in [-0.3, -0.25) is 0 Å². The number of likely N-dealkylation sites (tertiary alicyclic amines) is 1. The van der Waals surface area contributed by atoms with Crippen LogP contribution in [0.4, 0.5) is 4.79 Å². The Bertz CT molecular complexity index is 614. The van der Waals surface area contributed by atoms with E-state index in [1.54, 1.807) is 0 Å². The predicted molar refractivity (Wildman–Crippen MR) is 93.5 cm³/mol. The van der Waals surface area contributed by atoms with Crippen LogP contribution in [0.15, 0.2) is 60.7 Å². The van der Waals surface area contributed by atoms with Gasteiger partial charge in [-0.1, -0.05) is 60.7 Å². The molecule has 3 heteroatoms. The van der Waals surface area contributed by atoms with Gasteiger partial charge in [-0.05, 0) is 31.4 Å². The van der Waals surface area contributed by atoms with E-state index in [4.69, 9.17) is 0 Å². The Morgan fingerprint density at radius 3 is 2.09 bits per heavy atom. The number of carbonyl (C=O) groups is 1. The van der Waals surface area contributed by atoms with E-state index in [2.05, 4.69) is 60.8 Å². The van der Waals surface area contributed by atoms with E-state index in [1.165, 1.54) is 11.1 Å². The van der Waals surface area contributed by atoms with E-state index in [0.29, 0.717) is 13.1 Å². The van der Waals surface area contributed by atoms with Crippen molar-refractivity contribution in [2.24, 2.45) is 0 Å². The molecule has 3 nitrogen and oxygen atoms in total. The molecule has 0 radical (unpaired) electrons. The number of benzene rings is 2. The van der Waals surface area contributed by atoms with Crippen LogP contribution < -0.4 is 5.32 Å². The third-order valence-corrected chi connectivity index (χ3v) is 4.86. The highest BCUT2D eigenvalue weighted by Gasteiger charge is 2.46. The second kappa shape index (κ2) is 6.45. The van der Waals surface area contributed by atoms with Crippen molar-refractivity contribution in [1.82, 2.24) is 10.2 Å². The van der Waals surface area contributed by atoms with Crippen LogP contribution in [0.2, 0.25) is 0 Å². The third kappa shape index (κ3) is 2.83. The van der Waals surface area contributed by atoms with Crippen molar-refractivity contribution < 1.29 is 4.79 Å². The summed E-state index contributed by atoms with van der Waals surface area (Å²) in [7, 11) is 0. The minimum atomic E-state index is -0.132. The molecule has 3 rings (SSSR count). The molecule has 2 aromatic carbocycles. The molecule has 1 fully saturated rings. The molecule has 0 aliphatic carbocycles. The number of amides is 2. The van der Waals surface area contributed by atoms with Crippen molar-refractivity contribution in [3.05, 3.63) is 71.8 Å². The summed E-state index contributed by atoms with van der Waals surface area (Å²) in [6.45, 7) is 5.48. The van der Waals surface area contributed by atoms with E-state index >= 15 is 0 Å². The van der Waals surface area contributed by atoms with Crippen LogP contribution in [-0.4, -0.2) is 30.1 Å². The molecule has 1 saturated heterocycles. The largest absolute Gasteiger partial charge is 0.338 e. The lowest BCUT2D eigenvalue weighted by atomic mass is 9.73. The van der Waals surface area contributed by atoms with Crippen molar-refractivity contribution >= 4 is 6.03 Å². The van der Waals surface area contributed by atoms with Gasteiger partial charge in [-0.25, -0.2) is 4.79 Å². The second-order valence-corrected chi connectivity index (χ2v) is 6.33. The molecule has 23 heavy (non-hydrogen) atoms. The quantitative estimate of drug-likeness (QED) is 0.919. The first-order valence-corrected chi connectivity index (χ1v) is 8.33. The fourth-order valence-corrected chi connectivity index (χ4v) is 3.75. The molecule has 1 aliphatic heterocycles. The standard InChI is InChI=1S/C20H24N2O/c1-3-21-19(23)22-15-20(14-16(22)2,17-10-6-4-7-11-17)18-12-8-5-9-13-18/h4-13,16H,3,14-15H2,1-2H3,(H,21,23). The Labute approximate surface area is 138 Å². The van der Waals surface area contributed by atoms with Crippen molar-refractivity contribution in [2.45, 2.75) is 31.7 Å². The molecule has 1 heterocycles. The van der Waals surface area contributed by atoms with Gasteiger partial charge in [0.1, 0.15) is 0 Å². The minimum Gasteiger partial charge on any atom is -0.338 e. The molecular formula is C20H24N2O. The summed E-state index contributed by atoms with van der Waals surface area (Å²) in [4.78, 5) is 14.4. The van der Waals surface area contributed by atoms with E-state index in [0.717, 1.165) is 6.42 Å². The Kier molecular flexibility index (Phi) is 4.37. The summed E-state index contributed by atoms with van der Waals surface area (Å²) in [6, 6.07) is 21.4. The highest BCUT2D eigenvalue weighted by atomic mass is 16.2. The Balaban J connectivity index is 2.04. The molecule has 0 aromatic heterocycles. The topological polar surface area (TPSA) is 32.3 Å². The molecule has 1 aliphatic rings. The van der Waals surface area contributed by atoms with E-state index in [-0.39, 0.29) is 17.5 Å².